The van der Waals surface area contributed by atoms with Crippen LogP contribution in [-0.4, -0.2) is 20.9 Å². The molecule has 0 saturated carbocycles. The Morgan fingerprint density at radius 2 is 1.74 bits per heavy atom. The molecule has 3 aromatic carbocycles. The van der Waals surface area contributed by atoms with E-state index in [0.29, 0.717) is 11.1 Å². The van der Waals surface area contributed by atoms with E-state index in [1.54, 1.807) is 24.3 Å². The monoisotopic (exact) mass is 444 g/mol. The Kier molecular flexibility index (Phi) is 4.44. The number of nitrogens with zero attached hydrogens (tertiary/aromatic N) is 1. The molecule has 138 valence electrons. The van der Waals surface area contributed by atoms with Gasteiger partial charge in [0.25, 0.3) is 10.0 Å². The third-order valence-corrected chi connectivity index (χ3v) is 7.05. The predicted octanol–water partition coefficient (Wildman–Crippen LogP) is 3.99. The van der Waals surface area contributed by atoms with E-state index < -0.39 is 10.0 Å². The number of carbonyl (C=O) groups excluding carboxylic acids is 1. The van der Waals surface area contributed by atoms with Gasteiger partial charge >= 0.3 is 0 Å². The van der Waals surface area contributed by atoms with Gasteiger partial charge in [-0.1, -0.05) is 52.3 Å². The molecule has 0 aliphatic carbocycles. The van der Waals surface area contributed by atoms with Gasteiger partial charge in [0, 0.05) is 9.86 Å². The van der Waals surface area contributed by atoms with E-state index in [0.717, 1.165) is 15.4 Å². The number of anilines is 1. The molecule has 0 unspecified atom stereocenters. The van der Waals surface area contributed by atoms with Gasteiger partial charge in [-0.15, -0.1) is 0 Å². The number of hydrogen-bond acceptors (Lipinski definition) is 3. The van der Waals surface area contributed by atoms with Crippen LogP contribution in [0.3, 0.4) is 0 Å². The van der Waals surface area contributed by atoms with Crippen molar-refractivity contribution in [2.45, 2.75) is 17.9 Å². The van der Waals surface area contributed by atoms with E-state index in [2.05, 4.69) is 21.2 Å². The highest BCUT2D eigenvalue weighted by Gasteiger charge is 2.36. The summed E-state index contributed by atoms with van der Waals surface area (Å²) in [7, 11) is -3.73. The Bertz CT molecular complexity index is 1140. The number of hydrogen-bond donors (Lipinski definition) is 1. The van der Waals surface area contributed by atoms with Crippen molar-refractivity contribution in [2.75, 3.05) is 10.8 Å². The summed E-state index contributed by atoms with van der Waals surface area (Å²) in [5.74, 6) is -0.348. The molecular formula is C20H17BrN2O3S. The molecule has 0 radical (unpaired) electrons. The van der Waals surface area contributed by atoms with Crippen molar-refractivity contribution in [3.63, 3.8) is 0 Å². The van der Waals surface area contributed by atoms with Crippen LogP contribution in [0.2, 0.25) is 0 Å². The summed E-state index contributed by atoms with van der Waals surface area (Å²) in [5.41, 5.74) is 1.50. The summed E-state index contributed by atoms with van der Waals surface area (Å²) in [6.45, 7) is 1.62. The number of rotatable bonds is 4. The Morgan fingerprint density at radius 1 is 1.07 bits per heavy atom. The van der Waals surface area contributed by atoms with Crippen LogP contribution in [0.15, 0.2) is 70.0 Å². The molecule has 0 fully saturated rings. The van der Waals surface area contributed by atoms with Crippen molar-refractivity contribution >= 4 is 48.3 Å². The van der Waals surface area contributed by atoms with Crippen LogP contribution in [0, 0.1) is 0 Å². The molecule has 1 amide bonds. The van der Waals surface area contributed by atoms with Gasteiger partial charge in [0.15, 0.2) is 0 Å². The fraction of sp³-hybridized carbons (Fsp3) is 0.150. The smallest absolute Gasteiger partial charge is 0.265 e. The van der Waals surface area contributed by atoms with Crippen molar-refractivity contribution in [1.82, 2.24) is 5.32 Å². The summed E-state index contributed by atoms with van der Waals surface area (Å²) in [4.78, 5) is 12.8. The highest BCUT2D eigenvalue weighted by atomic mass is 79.9. The Morgan fingerprint density at radius 3 is 2.44 bits per heavy atom. The highest BCUT2D eigenvalue weighted by molar-refractivity contribution is 9.10. The first-order valence-corrected chi connectivity index (χ1v) is 10.7. The molecule has 1 atom stereocenters. The number of halogens is 1. The maximum absolute atomic E-state index is 12.9. The average molecular weight is 445 g/mol. The quantitative estimate of drug-likeness (QED) is 0.661. The summed E-state index contributed by atoms with van der Waals surface area (Å²) in [6.07, 6.45) is 0. The van der Waals surface area contributed by atoms with E-state index in [-0.39, 0.29) is 23.4 Å². The SMILES string of the molecule is C[C@H](NC(=O)CN1c2cccc3cccc(c23)S1(=O)=O)c1ccc(Br)cc1. The fourth-order valence-electron chi connectivity index (χ4n) is 3.38. The maximum atomic E-state index is 12.9. The van der Waals surface area contributed by atoms with Crippen molar-refractivity contribution < 1.29 is 13.2 Å². The minimum Gasteiger partial charge on any atom is -0.348 e. The molecule has 3 aromatic rings. The molecule has 27 heavy (non-hydrogen) atoms. The highest BCUT2D eigenvalue weighted by Crippen LogP contribution is 2.41. The van der Waals surface area contributed by atoms with Crippen LogP contribution in [-0.2, 0) is 14.8 Å². The number of nitrogens with one attached hydrogen (secondary N) is 1. The topological polar surface area (TPSA) is 66.5 Å². The van der Waals surface area contributed by atoms with E-state index in [1.165, 1.54) is 4.31 Å². The minimum absolute atomic E-state index is 0.228. The summed E-state index contributed by atoms with van der Waals surface area (Å²) < 4.78 is 28.0. The minimum atomic E-state index is -3.73. The van der Waals surface area contributed by atoms with Crippen LogP contribution in [0.1, 0.15) is 18.5 Å². The van der Waals surface area contributed by atoms with Crippen LogP contribution in [0.4, 0.5) is 5.69 Å². The summed E-state index contributed by atoms with van der Waals surface area (Å²) in [6, 6.07) is 18.0. The Labute approximate surface area is 166 Å². The third-order valence-electron chi connectivity index (χ3n) is 4.72. The zero-order valence-corrected chi connectivity index (χ0v) is 16.9. The number of benzene rings is 3. The van der Waals surface area contributed by atoms with Crippen LogP contribution in [0.5, 0.6) is 0 Å². The van der Waals surface area contributed by atoms with E-state index in [1.807, 2.05) is 43.3 Å². The van der Waals surface area contributed by atoms with E-state index in [9.17, 15) is 13.2 Å². The molecule has 1 N–H and O–H groups in total. The fourth-order valence-corrected chi connectivity index (χ4v) is 5.31. The van der Waals surface area contributed by atoms with Crippen LogP contribution in [0.25, 0.3) is 10.8 Å². The van der Waals surface area contributed by atoms with Gasteiger partial charge in [0.1, 0.15) is 6.54 Å². The van der Waals surface area contributed by atoms with E-state index in [4.69, 9.17) is 0 Å². The molecule has 7 heteroatoms. The van der Waals surface area contributed by atoms with Gasteiger partial charge in [-0.3, -0.25) is 9.10 Å². The molecule has 1 aliphatic heterocycles. The van der Waals surface area contributed by atoms with E-state index >= 15 is 0 Å². The summed E-state index contributed by atoms with van der Waals surface area (Å²) >= 11 is 3.38. The molecule has 0 aromatic heterocycles. The number of sulfonamides is 1. The van der Waals surface area contributed by atoms with Gasteiger partial charge in [-0.2, -0.15) is 0 Å². The lowest BCUT2D eigenvalue weighted by Gasteiger charge is -2.20. The van der Waals surface area contributed by atoms with Crippen LogP contribution < -0.4 is 9.62 Å². The lowest BCUT2D eigenvalue weighted by Crippen LogP contribution is -2.39. The second kappa shape index (κ2) is 6.65. The van der Waals surface area contributed by atoms with Gasteiger partial charge in [0.05, 0.1) is 16.6 Å². The molecule has 0 saturated heterocycles. The second-order valence-corrected chi connectivity index (χ2v) is 9.23. The van der Waals surface area contributed by atoms with Gasteiger partial charge in [-0.05, 0) is 42.1 Å². The molecule has 5 nitrogen and oxygen atoms in total. The average Bonchev–Trinajstić information content (AvgIpc) is 2.86. The molecule has 0 spiro atoms. The van der Waals surface area contributed by atoms with Gasteiger partial charge in [-0.25, -0.2) is 8.42 Å². The first-order chi connectivity index (χ1) is 12.9. The standard InChI is InChI=1S/C20H17BrN2O3S/c1-13(14-8-10-16(21)11-9-14)22-19(24)12-23-17-6-2-4-15-5-3-7-18(20(15)17)27(23,25)26/h2-11,13H,12H2,1H3,(H,22,24)/t13-/m0/s1. The number of carbonyl (C=O) groups is 1. The lowest BCUT2D eigenvalue weighted by molar-refractivity contribution is -0.120. The normalized spacial score (nSPS) is 15.7. The van der Waals surface area contributed by atoms with Gasteiger partial charge < -0.3 is 5.32 Å². The first kappa shape index (κ1) is 18.0. The zero-order chi connectivity index (χ0) is 19.2. The van der Waals surface area contributed by atoms with Crippen LogP contribution >= 0.6 is 15.9 Å². The lowest BCUT2D eigenvalue weighted by atomic mass is 10.1. The Balaban J connectivity index is 1.59. The largest absolute Gasteiger partial charge is 0.348 e. The summed E-state index contributed by atoms with van der Waals surface area (Å²) in [5, 5.41) is 4.40. The van der Waals surface area contributed by atoms with Gasteiger partial charge in [0.2, 0.25) is 5.91 Å². The van der Waals surface area contributed by atoms with Crippen molar-refractivity contribution in [3.8, 4) is 0 Å². The second-order valence-electron chi connectivity index (χ2n) is 6.48. The van der Waals surface area contributed by atoms with Crippen molar-refractivity contribution in [3.05, 3.63) is 70.7 Å². The van der Waals surface area contributed by atoms with Crippen molar-refractivity contribution in [2.24, 2.45) is 0 Å². The molecule has 0 bridgehead atoms. The Hall–Kier alpha value is -2.38. The first-order valence-electron chi connectivity index (χ1n) is 8.47. The maximum Gasteiger partial charge on any atom is 0.265 e. The predicted molar refractivity (Wildman–Crippen MR) is 109 cm³/mol. The molecule has 1 heterocycles. The van der Waals surface area contributed by atoms with Crippen molar-refractivity contribution in [1.29, 1.82) is 0 Å². The number of amides is 1. The zero-order valence-electron chi connectivity index (χ0n) is 14.5. The molecular weight excluding hydrogens is 428 g/mol. The molecule has 4 rings (SSSR count). The third kappa shape index (κ3) is 3.11. The molecule has 1 aliphatic rings.